The van der Waals surface area contributed by atoms with Crippen LogP contribution in [0.4, 0.5) is 0 Å². The lowest BCUT2D eigenvalue weighted by Crippen LogP contribution is -2.42. The summed E-state index contributed by atoms with van der Waals surface area (Å²) in [4.78, 5) is 60.0. The molecule has 8 aromatic rings. The first-order chi connectivity index (χ1) is 55.8. The number of aromatic nitrogens is 10. The summed E-state index contributed by atoms with van der Waals surface area (Å²) in [5.74, 6) is 23.8. The Morgan fingerprint density at radius 3 is 1.44 bits per heavy atom. The van der Waals surface area contributed by atoms with Gasteiger partial charge in [-0.3, -0.25) is 19.1 Å². The zero-order valence-electron chi connectivity index (χ0n) is 79.4. The number of nitrogens with zero attached hydrogens (tertiary/aromatic N) is 12. The number of carbonyl (C=O) groups excluding carboxylic acids is 3. The third kappa shape index (κ3) is 39.7. The smallest absolute Gasteiger partial charge is 0.273 e. The van der Waals surface area contributed by atoms with E-state index in [1.165, 1.54) is 55.8 Å². The van der Waals surface area contributed by atoms with Gasteiger partial charge in [0.25, 0.3) is 11.8 Å². The molecule has 2 amide bonds. The van der Waals surface area contributed by atoms with Crippen molar-refractivity contribution in [3.05, 3.63) is 174 Å². The molecule has 122 heavy (non-hydrogen) atoms. The van der Waals surface area contributed by atoms with E-state index in [9.17, 15) is 14.4 Å². The Hall–Kier alpha value is -10.3. The number of amides is 2. The van der Waals surface area contributed by atoms with Crippen molar-refractivity contribution >= 4 is 63.3 Å². The van der Waals surface area contributed by atoms with Crippen LogP contribution in [0.5, 0.6) is 0 Å². The summed E-state index contributed by atoms with van der Waals surface area (Å²) in [6.45, 7) is 76.1. The number of terminal acetylenes is 8. The molecule has 0 spiro atoms. The maximum Gasteiger partial charge on any atom is 0.273 e. The molecule has 11 rings (SSSR count). The van der Waals surface area contributed by atoms with Crippen molar-refractivity contribution in [3.63, 3.8) is 0 Å². The second kappa shape index (κ2) is 47.3. The van der Waals surface area contributed by atoms with Crippen LogP contribution in [0.1, 0.15) is 325 Å². The van der Waals surface area contributed by atoms with E-state index in [1.807, 2.05) is 114 Å². The van der Waals surface area contributed by atoms with Crippen molar-refractivity contribution in [1.82, 2.24) is 57.8 Å². The molecule has 0 N–H and O–H groups in total. The molecule has 17 nitrogen and oxygen atoms in total. The largest absolute Gasteiger partial charge is 0.438 e. The van der Waals surface area contributed by atoms with Crippen LogP contribution >= 0.6 is 45.7 Å². The molecule has 0 saturated carbocycles. The molecule has 3 aliphatic rings. The molecule has 10 heterocycles. The van der Waals surface area contributed by atoms with Gasteiger partial charge in [-0.15, -0.1) is 74.1 Å². The van der Waals surface area contributed by atoms with Crippen LogP contribution < -0.4 is 0 Å². The minimum atomic E-state index is -0.0272. The molecule has 1 saturated heterocycles. The predicted octanol–water partition coefficient (Wildman–Crippen LogP) is 22.7. The Bertz CT molecular complexity index is 4500. The Balaban J connectivity index is 0.000000671. The topological polar surface area (TPSA) is 197 Å². The monoisotopic (exact) mass is 1730 g/mol. The van der Waals surface area contributed by atoms with E-state index in [0.717, 1.165) is 77.4 Å². The van der Waals surface area contributed by atoms with Gasteiger partial charge in [-0.25, -0.2) is 24.9 Å². The summed E-state index contributed by atoms with van der Waals surface area (Å²) < 4.78 is 22.3. The number of hydrogen-bond acceptors (Lipinski definition) is 17. The van der Waals surface area contributed by atoms with Gasteiger partial charge in [-0.1, -0.05) is 185 Å². The van der Waals surface area contributed by atoms with Gasteiger partial charge in [0, 0.05) is 110 Å². The molecule has 0 radical (unpaired) electrons. The number of thiazole rings is 2. The summed E-state index contributed by atoms with van der Waals surface area (Å²) >= 11 is 6.04. The zero-order chi connectivity index (χ0) is 94.2. The highest BCUT2D eigenvalue weighted by Gasteiger charge is 2.34. The van der Waals surface area contributed by atoms with E-state index in [0.29, 0.717) is 40.6 Å². The molecule has 656 valence electrons. The number of oxazole rings is 2. The Morgan fingerprint density at radius 1 is 0.557 bits per heavy atom. The number of hydrogen-bond donors (Lipinski definition) is 0. The number of carbonyl (C=O) groups is 3. The fraction of sp³-hybridized carbons (Fsp3) is 0.515. The number of imidazole rings is 1. The first kappa shape index (κ1) is 110. The first-order valence-corrected chi connectivity index (χ1v) is 43.8. The molecule has 2 unspecified atom stereocenters. The standard InChI is InChI=1S/C11H19NO.C10H16O.2C9H12N2.2C9H11NO.4C9H11NS.C8H13NO/c1-5-10(13)12-7-6-9(8-12)11(2,3)4;1-10(2,3)8-5-4-6-9(11)7-8;1-5-8-10-6-7-11(8)9(2,3)4;1-5-8-6-7-11(10-8)9(2,3)4;1-5-8-10-7(6-11-8)9(2,3)4;1-5-8-10-6-7(11-8)9(2,3)4;1-5-8-10-7(6-11-8)9(2,3)4;1-5-8-10-6-7(11-8)9(2,3)4;1-5-8-7(6-11-10-8)9(2,3)4;1-5-7-6-8(11-10-7)9(2,3)4;1-8(2,3)9-6-4-5-7(9)10/h5,9H,1,6-8H2,2-4H3;4,6,8H,5,7H2,1-3H3;2*1,6-7H,2-4H3;6*1,6H,2-4H3;4-5H,6H2,1-3H3. The lowest BCUT2D eigenvalue weighted by atomic mass is 9.74. The van der Waals surface area contributed by atoms with Crippen molar-refractivity contribution in [2.45, 2.75) is 297 Å². The van der Waals surface area contributed by atoms with Gasteiger partial charge in [0.05, 0.1) is 23.1 Å². The first-order valence-electron chi connectivity index (χ1n) is 40.5. The van der Waals surface area contributed by atoms with Crippen LogP contribution in [-0.4, -0.2) is 101 Å². The van der Waals surface area contributed by atoms with Crippen molar-refractivity contribution in [2.75, 3.05) is 19.6 Å². The van der Waals surface area contributed by atoms with Crippen molar-refractivity contribution < 1.29 is 23.2 Å². The van der Waals surface area contributed by atoms with Crippen LogP contribution in [0, 0.1) is 121 Å². The second-order valence-corrected chi connectivity index (χ2v) is 43.6. The molecule has 2 atom stereocenters. The summed E-state index contributed by atoms with van der Waals surface area (Å²) in [5.41, 5.74) is 6.58. The molecule has 2 aliphatic heterocycles. The van der Waals surface area contributed by atoms with Gasteiger partial charge in [0.15, 0.2) is 21.6 Å². The Kier molecular flexibility index (Phi) is 42.6. The quantitative estimate of drug-likeness (QED) is 0.111. The third-order valence-electron chi connectivity index (χ3n) is 18.3. The maximum absolute atomic E-state index is 11.3. The fourth-order valence-electron chi connectivity index (χ4n) is 10.3. The van der Waals surface area contributed by atoms with Crippen molar-refractivity contribution in [2.24, 2.45) is 22.7 Å². The van der Waals surface area contributed by atoms with E-state index in [-0.39, 0.29) is 72.1 Å². The SMILES string of the molecule is C#Cc1cc(C(C)(C)C)sn1.C#Cc1ccn(C(C)(C)C)n1.C#Cc1nc(C(C)(C)C)co1.C#Cc1nc(C(C)(C)C)cs1.C#Cc1ncc(C(C)(C)C)o1.C#Cc1ncc(C(C)(C)C)s1.C#Cc1nccn1C(C)(C)C.C#Cc1nscc1C(C)(C)C.C=CC(=O)N1CCC(C(C)(C)C)C1.CC(C)(C)C1CC=CC(=O)C1.CC(C)(C)N1CC=CC1=O. The van der Waals surface area contributed by atoms with Crippen LogP contribution in [0.15, 0.2) is 106 Å². The number of rotatable bonds is 1. The zero-order valence-corrected chi connectivity index (χ0v) is 82.7. The van der Waals surface area contributed by atoms with E-state index >= 15 is 0 Å². The van der Waals surface area contributed by atoms with E-state index in [4.69, 9.17) is 60.2 Å². The van der Waals surface area contributed by atoms with Gasteiger partial charge in [0.2, 0.25) is 11.8 Å². The number of allylic oxidation sites excluding steroid dienone is 2. The lowest BCUT2D eigenvalue weighted by Gasteiger charge is -2.31. The Morgan fingerprint density at radius 2 is 1.14 bits per heavy atom. The number of ketones is 1. The van der Waals surface area contributed by atoms with Crippen LogP contribution in [0.2, 0.25) is 0 Å². The van der Waals surface area contributed by atoms with Gasteiger partial charge >= 0.3 is 0 Å². The number of likely N-dealkylation sites (tertiary alicyclic amines) is 1. The van der Waals surface area contributed by atoms with E-state index < -0.39 is 0 Å². The summed E-state index contributed by atoms with van der Waals surface area (Å²) in [5, 5.41) is 9.77. The highest BCUT2D eigenvalue weighted by Crippen LogP contribution is 2.36. The molecule has 0 bridgehead atoms. The van der Waals surface area contributed by atoms with E-state index in [1.54, 1.807) is 42.1 Å². The predicted molar refractivity (Wildman–Crippen MR) is 513 cm³/mol. The minimum absolute atomic E-state index is 0.0118. The average Bonchev–Trinajstić information content (AvgIpc) is 1.77. The molecule has 8 aromatic heterocycles. The molecule has 0 aromatic carbocycles. The van der Waals surface area contributed by atoms with Crippen LogP contribution in [-0.2, 0) is 58.0 Å². The fourth-order valence-corrected chi connectivity index (χ4v) is 13.6. The van der Waals surface area contributed by atoms with Gasteiger partial charge in [-0.2, -0.15) is 13.8 Å². The highest BCUT2D eigenvalue weighted by molar-refractivity contribution is 7.12. The van der Waals surface area contributed by atoms with Crippen molar-refractivity contribution in [3.8, 4) is 98.8 Å². The van der Waals surface area contributed by atoms with Gasteiger partial charge in [0.1, 0.15) is 29.1 Å². The van der Waals surface area contributed by atoms with Crippen LogP contribution in [0.3, 0.4) is 0 Å². The van der Waals surface area contributed by atoms with Gasteiger partial charge in [-0.05, 0) is 209 Å². The summed E-state index contributed by atoms with van der Waals surface area (Å²) in [6.07, 6.45) is 63.8. The van der Waals surface area contributed by atoms with Crippen molar-refractivity contribution in [1.29, 1.82) is 0 Å². The second-order valence-electron chi connectivity index (χ2n) is 40.3. The molecule has 1 aliphatic carbocycles. The molecular weight excluding hydrogens is 1590 g/mol. The average molecular weight is 1730 g/mol. The normalized spacial score (nSPS) is 14.3. The van der Waals surface area contributed by atoms with E-state index in [2.05, 4.69) is 280 Å². The molecule has 21 heteroatoms. The minimum Gasteiger partial charge on any atom is -0.438 e. The maximum atomic E-state index is 11.3. The summed E-state index contributed by atoms with van der Waals surface area (Å²) in [6, 6.07) is 3.82. The molecule has 1 fully saturated rings. The third-order valence-corrected chi connectivity index (χ3v) is 22.2. The van der Waals surface area contributed by atoms with Gasteiger partial charge < -0.3 is 23.2 Å². The Labute approximate surface area is 751 Å². The van der Waals surface area contributed by atoms with Crippen LogP contribution in [0.25, 0.3) is 0 Å². The highest BCUT2D eigenvalue weighted by atomic mass is 32.1. The summed E-state index contributed by atoms with van der Waals surface area (Å²) in [7, 11) is 0. The lowest BCUT2D eigenvalue weighted by molar-refractivity contribution is -0.128. The molecular formula is C101H138N12O5S4.